The van der Waals surface area contributed by atoms with Crippen molar-refractivity contribution in [3.8, 4) is 0 Å². The lowest BCUT2D eigenvalue weighted by molar-refractivity contribution is -0.338. The first kappa shape index (κ1) is 15.0. The lowest BCUT2D eigenvalue weighted by Gasteiger charge is -2.53. The summed E-state index contributed by atoms with van der Waals surface area (Å²) < 4.78 is 17.0. The van der Waals surface area contributed by atoms with E-state index in [0.717, 1.165) is 19.3 Å². The van der Waals surface area contributed by atoms with Crippen LogP contribution in [-0.4, -0.2) is 37.9 Å². The van der Waals surface area contributed by atoms with Crippen molar-refractivity contribution in [2.24, 2.45) is 23.2 Å². The molecule has 2 saturated carbocycles. The minimum Gasteiger partial charge on any atom is -0.468 e. The molecule has 1 heterocycles. The molecule has 5 heteroatoms. The zero-order valence-corrected chi connectivity index (χ0v) is 13.0. The van der Waals surface area contributed by atoms with Crippen LogP contribution < -0.4 is 0 Å². The molecular weight excluding hydrogens is 272 g/mol. The summed E-state index contributed by atoms with van der Waals surface area (Å²) in [7, 11) is 1.34. The van der Waals surface area contributed by atoms with Crippen LogP contribution in [0.2, 0.25) is 0 Å². The van der Waals surface area contributed by atoms with Crippen molar-refractivity contribution in [2.75, 3.05) is 20.3 Å². The van der Waals surface area contributed by atoms with Crippen molar-refractivity contribution >= 4 is 11.8 Å². The Bertz CT molecular complexity index is 446. The van der Waals surface area contributed by atoms with Crippen molar-refractivity contribution in [1.29, 1.82) is 0 Å². The van der Waals surface area contributed by atoms with Crippen molar-refractivity contribution in [1.82, 2.24) is 0 Å². The fourth-order valence-corrected chi connectivity index (χ4v) is 3.89. The van der Waals surface area contributed by atoms with Gasteiger partial charge in [0.25, 0.3) is 0 Å². The second kappa shape index (κ2) is 5.06. The largest absolute Gasteiger partial charge is 0.468 e. The third kappa shape index (κ3) is 2.50. The van der Waals surface area contributed by atoms with E-state index in [-0.39, 0.29) is 23.0 Å². The Kier molecular flexibility index (Phi) is 3.61. The third-order valence-corrected chi connectivity index (χ3v) is 5.20. The molecule has 3 rings (SSSR count). The van der Waals surface area contributed by atoms with Crippen molar-refractivity contribution in [2.45, 2.75) is 45.3 Å². The van der Waals surface area contributed by atoms with Gasteiger partial charge in [0.15, 0.2) is 5.79 Å². The van der Waals surface area contributed by atoms with Gasteiger partial charge in [-0.1, -0.05) is 13.8 Å². The molecule has 0 aromatic rings. The van der Waals surface area contributed by atoms with Crippen LogP contribution in [0.25, 0.3) is 0 Å². The van der Waals surface area contributed by atoms with Crippen LogP contribution in [0.3, 0.4) is 0 Å². The molecule has 2 aliphatic carbocycles. The molecule has 3 atom stereocenters. The molecule has 0 aromatic heterocycles. The van der Waals surface area contributed by atoms with Gasteiger partial charge in [-0.25, -0.2) is 0 Å². The van der Waals surface area contributed by atoms with E-state index < -0.39 is 17.7 Å². The molecular formula is C16H24O5. The van der Waals surface area contributed by atoms with Crippen LogP contribution in [0.4, 0.5) is 0 Å². The molecule has 5 nitrogen and oxygen atoms in total. The fourth-order valence-electron chi connectivity index (χ4n) is 3.89. The minimum absolute atomic E-state index is 0.0222. The smallest absolute Gasteiger partial charge is 0.316 e. The molecule has 3 fully saturated rings. The van der Waals surface area contributed by atoms with Crippen molar-refractivity contribution in [3.05, 3.63) is 0 Å². The number of hydrogen-bond donors (Lipinski definition) is 0. The standard InChI is InChI=1S/C16H24O5/c1-15(2)8-20-16(21-9-15)5-4-10-6-11(16)7-12(13(10)17)14(18)19-3/h10-12H,4-9H2,1-3H3/t10-,11+,12?/m0/s1. The molecule has 0 aromatic carbocycles. The highest BCUT2D eigenvalue weighted by Crippen LogP contribution is 2.50. The average molecular weight is 296 g/mol. The maximum absolute atomic E-state index is 12.3. The van der Waals surface area contributed by atoms with E-state index in [0.29, 0.717) is 19.6 Å². The summed E-state index contributed by atoms with van der Waals surface area (Å²) in [5.74, 6) is -1.54. The van der Waals surface area contributed by atoms with E-state index in [2.05, 4.69) is 13.8 Å². The first-order chi connectivity index (χ1) is 9.87. The number of ether oxygens (including phenoxy) is 3. The van der Waals surface area contributed by atoms with Crippen LogP contribution >= 0.6 is 0 Å². The van der Waals surface area contributed by atoms with Gasteiger partial charge in [-0.05, 0) is 19.3 Å². The Morgan fingerprint density at radius 2 is 1.90 bits per heavy atom. The molecule has 0 radical (unpaired) electrons. The highest BCUT2D eigenvalue weighted by Gasteiger charge is 2.55. The second-order valence-corrected chi connectivity index (χ2v) is 7.44. The van der Waals surface area contributed by atoms with E-state index in [4.69, 9.17) is 14.2 Å². The van der Waals surface area contributed by atoms with Gasteiger partial charge in [0.2, 0.25) is 0 Å². The third-order valence-electron chi connectivity index (χ3n) is 5.20. The van der Waals surface area contributed by atoms with Gasteiger partial charge in [0.1, 0.15) is 11.7 Å². The van der Waals surface area contributed by atoms with Gasteiger partial charge in [0, 0.05) is 23.7 Å². The predicted octanol–water partition coefficient (Wildman–Crippen LogP) is 1.93. The van der Waals surface area contributed by atoms with E-state index >= 15 is 0 Å². The molecule has 3 aliphatic rings. The van der Waals surface area contributed by atoms with Gasteiger partial charge in [0.05, 0.1) is 20.3 Å². The number of esters is 1. The quantitative estimate of drug-likeness (QED) is 0.546. The summed E-state index contributed by atoms with van der Waals surface area (Å²) in [4.78, 5) is 24.2. The maximum Gasteiger partial charge on any atom is 0.316 e. The SMILES string of the molecule is COC(=O)C1C[C@H]2C[C@H](CCC23OCC(C)(C)CO3)C1=O. The lowest BCUT2D eigenvalue weighted by atomic mass is 9.64. The first-order valence-electron chi connectivity index (χ1n) is 7.76. The summed E-state index contributed by atoms with van der Waals surface area (Å²) in [6, 6.07) is 0. The molecule has 1 spiro atoms. The number of fused-ring (bicyclic) bond motifs is 3. The monoisotopic (exact) mass is 296 g/mol. The normalized spacial score (nSPS) is 37.3. The van der Waals surface area contributed by atoms with Gasteiger partial charge < -0.3 is 14.2 Å². The molecule has 2 bridgehead atoms. The van der Waals surface area contributed by atoms with Crippen LogP contribution in [0, 0.1) is 23.2 Å². The number of hydrogen-bond acceptors (Lipinski definition) is 5. The number of carbonyl (C=O) groups excluding carboxylic acids is 2. The summed E-state index contributed by atoms with van der Waals surface area (Å²) >= 11 is 0. The van der Waals surface area contributed by atoms with E-state index in [1.54, 1.807) is 0 Å². The van der Waals surface area contributed by atoms with Crippen molar-refractivity contribution in [3.63, 3.8) is 0 Å². The Labute approximate surface area is 125 Å². The first-order valence-corrected chi connectivity index (χ1v) is 7.76. The molecule has 118 valence electrons. The minimum atomic E-state index is -0.641. The zero-order valence-electron chi connectivity index (χ0n) is 13.0. The van der Waals surface area contributed by atoms with Gasteiger partial charge in [-0.2, -0.15) is 0 Å². The Balaban J connectivity index is 1.79. The fraction of sp³-hybridized carbons (Fsp3) is 0.875. The Morgan fingerprint density at radius 1 is 1.24 bits per heavy atom. The number of rotatable bonds is 1. The molecule has 1 unspecified atom stereocenters. The summed E-state index contributed by atoms with van der Waals surface area (Å²) in [6.07, 6.45) is 2.75. The van der Waals surface area contributed by atoms with Gasteiger partial charge in [-0.3, -0.25) is 9.59 Å². The highest BCUT2D eigenvalue weighted by molar-refractivity contribution is 6.00. The van der Waals surface area contributed by atoms with E-state index in [1.165, 1.54) is 7.11 Å². The van der Waals surface area contributed by atoms with Gasteiger partial charge >= 0.3 is 5.97 Å². The number of ketones is 1. The molecule has 1 saturated heterocycles. The molecule has 21 heavy (non-hydrogen) atoms. The number of methoxy groups -OCH3 is 1. The number of Topliss-reactive ketones (excluding diaryl/α,β-unsaturated/α-hetero) is 1. The molecule has 0 N–H and O–H groups in total. The Morgan fingerprint density at radius 3 is 2.52 bits per heavy atom. The molecule has 1 aliphatic heterocycles. The van der Waals surface area contributed by atoms with Gasteiger partial charge in [-0.15, -0.1) is 0 Å². The van der Waals surface area contributed by atoms with Crippen LogP contribution in [-0.2, 0) is 23.8 Å². The van der Waals surface area contributed by atoms with E-state index in [9.17, 15) is 9.59 Å². The number of carbonyl (C=O) groups is 2. The van der Waals surface area contributed by atoms with Crippen molar-refractivity contribution < 1.29 is 23.8 Å². The predicted molar refractivity (Wildman–Crippen MR) is 74.4 cm³/mol. The lowest BCUT2D eigenvalue weighted by Crippen LogP contribution is -2.58. The molecule has 0 amide bonds. The summed E-state index contributed by atoms with van der Waals surface area (Å²) in [6.45, 7) is 5.55. The summed E-state index contributed by atoms with van der Waals surface area (Å²) in [5, 5.41) is 0. The van der Waals surface area contributed by atoms with Crippen LogP contribution in [0.15, 0.2) is 0 Å². The van der Waals surface area contributed by atoms with Crippen LogP contribution in [0.1, 0.15) is 39.5 Å². The van der Waals surface area contributed by atoms with E-state index in [1.807, 2.05) is 0 Å². The Hall–Kier alpha value is -0.940. The average Bonchev–Trinajstić information content (AvgIpc) is 2.47. The zero-order chi connectivity index (χ0) is 15.3. The topological polar surface area (TPSA) is 61.8 Å². The van der Waals surface area contributed by atoms with Crippen LogP contribution in [0.5, 0.6) is 0 Å². The summed E-state index contributed by atoms with van der Waals surface area (Å²) in [5.41, 5.74) is 0.0222. The second-order valence-electron chi connectivity index (χ2n) is 7.44. The maximum atomic E-state index is 12.3. The highest BCUT2D eigenvalue weighted by atomic mass is 16.7.